The van der Waals surface area contributed by atoms with E-state index in [9.17, 15) is 4.79 Å². The number of rotatable bonds is 5. The maximum absolute atomic E-state index is 12.7. The second kappa shape index (κ2) is 7.42. The zero-order valence-corrected chi connectivity index (χ0v) is 16.2. The number of anilines is 2. The van der Waals surface area contributed by atoms with Gasteiger partial charge in [-0.3, -0.25) is 15.1 Å². The highest BCUT2D eigenvalue weighted by Gasteiger charge is 2.19. The van der Waals surface area contributed by atoms with Crippen molar-refractivity contribution < 1.29 is 4.79 Å². The molecule has 0 aliphatic heterocycles. The molecular weight excluding hydrogens is 378 g/mol. The summed E-state index contributed by atoms with van der Waals surface area (Å²) in [7, 11) is 0. The lowest BCUT2D eigenvalue weighted by atomic mass is 10.2. The van der Waals surface area contributed by atoms with Gasteiger partial charge < -0.3 is 5.73 Å². The van der Waals surface area contributed by atoms with Crippen molar-refractivity contribution in [3.8, 4) is 11.4 Å². The van der Waals surface area contributed by atoms with E-state index in [-0.39, 0.29) is 5.91 Å². The van der Waals surface area contributed by atoms with E-state index in [1.165, 1.54) is 22.7 Å². The van der Waals surface area contributed by atoms with Crippen molar-refractivity contribution in [1.82, 2.24) is 15.0 Å². The van der Waals surface area contributed by atoms with Crippen molar-refractivity contribution in [3.05, 3.63) is 52.5 Å². The number of fused-ring (bicyclic) bond motifs is 1. The Morgan fingerprint density at radius 2 is 2.07 bits per heavy atom. The number of carbonyl (C=O) groups excluding carboxylic acids is 1. The van der Waals surface area contributed by atoms with E-state index < -0.39 is 0 Å². The van der Waals surface area contributed by atoms with Crippen LogP contribution in [0, 0.1) is 0 Å². The Labute approximate surface area is 164 Å². The van der Waals surface area contributed by atoms with Crippen LogP contribution in [-0.4, -0.2) is 20.9 Å². The van der Waals surface area contributed by atoms with Gasteiger partial charge in [-0.1, -0.05) is 19.4 Å². The monoisotopic (exact) mass is 395 g/mol. The van der Waals surface area contributed by atoms with E-state index >= 15 is 0 Å². The number of aromatic nitrogens is 3. The van der Waals surface area contributed by atoms with Crippen LogP contribution in [0.15, 0.2) is 41.9 Å². The van der Waals surface area contributed by atoms with Crippen LogP contribution >= 0.6 is 22.7 Å². The van der Waals surface area contributed by atoms with Gasteiger partial charge in [0, 0.05) is 22.7 Å². The molecule has 0 aliphatic carbocycles. The molecule has 0 fully saturated rings. The van der Waals surface area contributed by atoms with Crippen molar-refractivity contribution >= 4 is 49.6 Å². The largest absolute Gasteiger partial charge is 0.397 e. The van der Waals surface area contributed by atoms with E-state index in [0.717, 1.165) is 40.1 Å². The minimum absolute atomic E-state index is 0.269. The summed E-state index contributed by atoms with van der Waals surface area (Å²) in [6.45, 7) is 2.11. The molecule has 4 rings (SSSR count). The predicted octanol–water partition coefficient (Wildman–Crippen LogP) is 4.60. The van der Waals surface area contributed by atoms with Gasteiger partial charge in [0.05, 0.1) is 11.4 Å². The lowest BCUT2D eigenvalue weighted by Gasteiger charge is -2.00. The number of carbonyl (C=O) groups is 1. The lowest BCUT2D eigenvalue weighted by molar-refractivity contribution is 0.103. The summed E-state index contributed by atoms with van der Waals surface area (Å²) in [4.78, 5) is 27.3. The normalized spacial score (nSPS) is 11.0. The molecule has 3 N–H and O–H groups in total. The van der Waals surface area contributed by atoms with Crippen LogP contribution in [0.5, 0.6) is 0 Å². The fourth-order valence-corrected chi connectivity index (χ4v) is 4.42. The summed E-state index contributed by atoms with van der Waals surface area (Å²) >= 11 is 2.67. The standard InChI is InChI=1S/C19H17N5OS2/c1-2-5-11-7-8-12-15(20)16(27-18(12)22-11)17(25)24-19-23-14(10-26-19)13-6-3-4-9-21-13/h3-4,6-10H,2,5,20H2,1H3,(H,23,24,25). The molecule has 0 saturated carbocycles. The highest BCUT2D eigenvalue weighted by molar-refractivity contribution is 7.21. The zero-order chi connectivity index (χ0) is 18.8. The molecule has 4 aromatic rings. The summed E-state index contributed by atoms with van der Waals surface area (Å²) < 4.78 is 0. The number of pyridine rings is 2. The number of nitrogens with one attached hydrogen (secondary N) is 1. The van der Waals surface area contributed by atoms with E-state index in [4.69, 9.17) is 5.73 Å². The lowest BCUT2D eigenvalue weighted by Crippen LogP contribution is -2.11. The Kier molecular flexibility index (Phi) is 4.83. The highest BCUT2D eigenvalue weighted by atomic mass is 32.1. The van der Waals surface area contributed by atoms with Crippen LogP contribution in [0.1, 0.15) is 28.7 Å². The van der Waals surface area contributed by atoms with Crippen molar-refractivity contribution in [2.45, 2.75) is 19.8 Å². The summed E-state index contributed by atoms with van der Waals surface area (Å²) in [5.74, 6) is -0.269. The van der Waals surface area contributed by atoms with Gasteiger partial charge in [0.15, 0.2) is 5.13 Å². The second-order valence-electron chi connectivity index (χ2n) is 5.96. The molecule has 4 heterocycles. The van der Waals surface area contributed by atoms with Gasteiger partial charge in [-0.2, -0.15) is 0 Å². The van der Waals surface area contributed by atoms with Crippen molar-refractivity contribution in [2.75, 3.05) is 11.1 Å². The molecule has 136 valence electrons. The maximum atomic E-state index is 12.7. The van der Waals surface area contributed by atoms with Gasteiger partial charge in [0.25, 0.3) is 5.91 Å². The first-order valence-electron chi connectivity index (χ1n) is 8.52. The third kappa shape index (κ3) is 3.54. The Hall–Kier alpha value is -2.84. The van der Waals surface area contributed by atoms with Crippen LogP contribution in [0.3, 0.4) is 0 Å². The first-order valence-corrected chi connectivity index (χ1v) is 10.2. The second-order valence-corrected chi connectivity index (χ2v) is 7.81. The first kappa shape index (κ1) is 17.6. The molecule has 8 heteroatoms. The minimum atomic E-state index is -0.269. The predicted molar refractivity (Wildman–Crippen MR) is 111 cm³/mol. The van der Waals surface area contributed by atoms with Crippen molar-refractivity contribution in [2.24, 2.45) is 0 Å². The number of nitrogens with zero attached hydrogens (tertiary/aromatic N) is 3. The first-order chi connectivity index (χ1) is 13.2. The van der Waals surface area contributed by atoms with Gasteiger partial charge in [-0.05, 0) is 30.7 Å². The number of thiophene rings is 1. The molecule has 0 unspecified atom stereocenters. The molecule has 6 nitrogen and oxygen atoms in total. The zero-order valence-electron chi connectivity index (χ0n) is 14.6. The van der Waals surface area contributed by atoms with Gasteiger partial charge in [-0.15, -0.1) is 22.7 Å². The minimum Gasteiger partial charge on any atom is -0.397 e. The van der Waals surface area contributed by atoms with Crippen molar-refractivity contribution in [3.63, 3.8) is 0 Å². The molecule has 0 aromatic carbocycles. The molecule has 0 saturated heterocycles. The molecule has 0 bridgehead atoms. The number of nitrogen functional groups attached to an aromatic ring is 1. The van der Waals surface area contributed by atoms with Crippen molar-refractivity contribution in [1.29, 1.82) is 0 Å². The summed E-state index contributed by atoms with van der Waals surface area (Å²) in [6.07, 6.45) is 3.64. The number of hydrogen-bond donors (Lipinski definition) is 2. The van der Waals surface area contributed by atoms with Crippen LogP contribution < -0.4 is 11.1 Å². The van der Waals surface area contributed by atoms with Crippen LogP contribution in [0.2, 0.25) is 0 Å². The van der Waals surface area contributed by atoms with Gasteiger partial charge in [0.2, 0.25) is 0 Å². The number of hydrogen-bond acceptors (Lipinski definition) is 7. The SMILES string of the molecule is CCCc1ccc2c(N)c(C(=O)Nc3nc(-c4ccccn4)cs3)sc2n1. The molecule has 0 radical (unpaired) electrons. The number of thiazole rings is 1. The van der Waals surface area contributed by atoms with Crippen LogP contribution in [0.25, 0.3) is 21.6 Å². The maximum Gasteiger partial charge on any atom is 0.269 e. The number of amides is 1. The molecular formula is C19H17N5OS2. The van der Waals surface area contributed by atoms with E-state index in [2.05, 4.69) is 27.2 Å². The molecule has 1 amide bonds. The van der Waals surface area contributed by atoms with Crippen LogP contribution in [0.4, 0.5) is 10.8 Å². The highest BCUT2D eigenvalue weighted by Crippen LogP contribution is 2.33. The molecule has 0 atom stereocenters. The third-order valence-corrected chi connectivity index (χ3v) is 5.89. The molecule has 27 heavy (non-hydrogen) atoms. The molecule has 0 spiro atoms. The van der Waals surface area contributed by atoms with Gasteiger partial charge >= 0.3 is 0 Å². The van der Waals surface area contributed by atoms with E-state index in [1.807, 2.05) is 35.7 Å². The Bertz CT molecular complexity index is 1100. The fourth-order valence-electron chi connectivity index (χ4n) is 2.72. The number of aryl methyl sites for hydroxylation is 1. The molecule has 4 aromatic heterocycles. The number of nitrogens with two attached hydrogens (primary N) is 1. The Morgan fingerprint density at radius 3 is 2.85 bits per heavy atom. The van der Waals surface area contributed by atoms with Gasteiger partial charge in [-0.25, -0.2) is 9.97 Å². The van der Waals surface area contributed by atoms with Gasteiger partial charge in [0.1, 0.15) is 15.4 Å². The average molecular weight is 396 g/mol. The smallest absolute Gasteiger partial charge is 0.269 e. The third-order valence-electron chi connectivity index (χ3n) is 4.02. The van der Waals surface area contributed by atoms with E-state index in [1.54, 1.807) is 6.20 Å². The molecule has 0 aliphatic rings. The summed E-state index contributed by atoms with van der Waals surface area (Å²) in [5.41, 5.74) is 9.17. The Morgan fingerprint density at radius 1 is 1.19 bits per heavy atom. The topological polar surface area (TPSA) is 93.8 Å². The fraction of sp³-hybridized carbons (Fsp3) is 0.158. The quantitative estimate of drug-likeness (QED) is 0.515. The summed E-state index contributed by atoms with van der Waals surface area (Å²) in [5, 5.41) is 6.03. The summed E-state index contributed by atoms with van der Waals surface area (Å²) in [6, 6.07) is 9.54. The van der Waals surface area contributed by atoms with E-state index in [0.29, 0.717) is 15.7 Å². The average Bonchev–Trinajstić information content (AvgIpc) is 3.27. The Balaban J connectivity index is 1.58. The van der Waals surface area contributed by atoms with Crippen LogP contribution in [-0.2, 0) is 6.42 Å².